The van der Waals surface area contributed by atoms with Gasteiger partial charge in [0, 0.05) is 11.3 Å². The fourth-order valence-electron chi connectivity index (χ4n) is 3.04. The summed E-state index contributed by atoms with van der Waals surface area (Å²) in [4.78, 5) is 27.3. The van der Waals surface area contributed by atoms with Gasteiger partial charge < -0.3 is 14.1 Å². The molecule has 0 radical (unpaired) electrons. The van der Waals surface area contributed by atoms with Crippen LogP contribution in [0.15, 0.2) is 33.9 Å². The molecule has 3 aromatic rings. The third kappa shape index (κ3) is 4.33. The summed E-state index contributed by atoms with van der Waals surface area (Å²) in [6.07, 6.45) is 0.502. The molecule has 0 saturated carbocycles. The highest BCUT2D eigenvalue weighted by Crippen LogP contribution is 2.23. The third-order valence-electron chi connectivity index (χ3n) is 4.36. The minimum atomic E-state index is -0.118. The van der Waals surface area contributed by atoms with Crippen molar-refractivity contribution >= 4 is 23.3 Å². The van der Waals surface area contributed by atoms with E-state index in [1.165, 1.54) is 18.7 Å². The number of hydrogen-bond donors (Lipinski definition) is 1. The molecule has 0 bridgehead atoms. The number of aromatic nitrogens is 3. The Morgan fingerprint density at radius 3 is 2.50 bits per heavy atom. The predicted octanol–water partition coefficient (Wildman–Crippen LogP) is 3.79. The minimum absolute atomic E-state index is 0.0574. The number of hydrogen-bond acceptors (Lipinski definition) is 7. The zero-order chi connectivity index (χ0) is 20.3. The van der Waals surface area contributed by atoms with Crippen LogP contribution in [-0.2, 0) is 6.42 Å². The van der Waals surface area contributed by atoms with E-state index < -0.39 is 0 Å². The van der Waals surface area contributed by atoms with Crippen molar-refractivity contribution in [1.29, 1.82) is 0 Å². The van der Waals surface area contributed by atoms with Crippen LogP contribution in [0.5, 0.6) is 5.75 Å². The fourth-order valence-corrected chi connectivity index (χ4v) is 3.69. The van der Waals surface area contributed by atoms with Crippen molar-refractivity contribution in [2.45, 2.75) is 32.4 Å². The molecule has 0 amide bonds. The van der Waals surface area contributed by atoms with E-state index in [9.17, 15) is 9.59 Å². The number of aryl methyl sites for hydroxylation is 1. The summed E-state index contributed by atoms with van der Waals surface area (Å²) in [5.41, 5.74) is 3.44. The van der Waals surface area contributed by atoms with Crippen LogP contribution in [0.4, 0.5) is 0 Å². The Morgan fingerprint density at radius 1 is 1.18 bits per heavy atom. The van der Waals surface area contributed by atoms with E-state index in [4.69, 9.17) is 9.15 Å². The number of H-pyrrole nitrogens is 1. The van der Waals surface area contributed by atoms with Crippen molar-refractivity contribution in [3.63, 3.8) is 0 Å². The van der Waals surface area contributed by atoms with E-state index in [0.717, 1.165) is 11.3 Å². The molecule has 146 valence electrons. The molecule has 0 aliphatic rings. The van der Waals surface area contributed by atoms with Crippen molar-refractivity contribution in [3.8, 4) is 5.75 Å². The average molecular weight is 399 g/mol. The maximum Gasteiger partial charge on any atom is 0.277 e. The molecule has 2 heterocycles. The molecule has 28 heavy (non-hydrogen) atoms. The molecular formula is C20H21N3O4S. The van der Waals surface area contributed by atoms with Crippen LogP contribution in [0, 0.1) is 13.8 Å². The van der Waals surface area contributed by atoms with E-state index in [1.807, 2.05) is 24.3 Å². The van der Waals surface area contributed by atoms with Crippen LogP contribution in [0.25, 0.3) is 0 Å². The Labute approximate surface area is 166 Å². The SMILES string of the molecule is COc1ccc(Cc2nnc(SCC(=O)c3[nH]c(C)c(C(C)=O)c3C)o2)cc1. The molecule has 0 fully saturated rings. The molecule has 0 unspecified atom stereocenters. The highest BCUT2D eigenvalue weighted by molar-refractivity contribution is 7.99. The van der Waals surface area contributed by atoms with Crippen LogP contribution in [0.1, 0.15) is 50.5 Å². The number of benzene rings is 1. The molecule has 0 spiro atoms. The number of carbonyl (C=O) groups excluding carboxylic acids is 2. The third-order valence-corrected chi connectivity index (χ3v) is 5.18. The van der Waals surface area contributed by atoms with E-state index >= 15 is 0 Å². The van der Waals surface area contributed by atoms with Gasteiger partial charge in [0.25, 0.3) is 5.22 Å². The number of nitrogens with zero attached hydrogens (tertiary/aromatic N) is 2. The lowest BCUT2D eigenvalue weighted by Gasteiger charge is -2.00. The van der Waals surface area contributed by atoms with Crippen molar-refractivity contribution in [1.82, 2.24) is 15.2 Å². The van der Waals surface area contributed by atoms with E-state index in [-0.39, 0.29) is 17.3 Å². The van der Waals surface area contributed by atoms with Crippen molar-refractivity contribution < 1.29 is 18.7 Å². The number of methoxy groups -OCH3 is 1. The average Bonchev–Trinajstić information content (AvgIpc) is 3.24. The van der Waals surface area contributed by atoms with Gasteiger partial charge in [0.05, 0.1) is 25.0 Å². The summed E-state index contributed by atoms with van der Waals surface area (Å²) in [7, 11) is 1.62. The fraction of sp³-hybridized carbons (Fsp3) is 0.300. The van der Waals surface area contributed by atoms with Gasteiger partial charge >= 0.3 is 0 Å². The van der Waals surface area contributed by atoms with Crippen molar-refractivity contribution in [2.75, 3.05) is 12.9 Å². The lowest BCUT2D eigenvalue weighted by Crippen LogP contribution is -2.05. The highest BCUT2D eigenvalue weighted by atomic mass is 32.2. The zero-order valence-electron chi connectivity index (χ0n) is 16.2. The summed E-state index contributed by atoms with van der Waals surface area (Å²) in [6.45, 7) is 5.06. The lowest BCUT2D eigenvalue weighted by molar-refractivity contribution is 0.101. The van der Waals surface area contributed by atoms with Crippen molar-refractivity contribution in [3.05, 3.63) is 58.2 Å². The van der Waals surface area contributed by atoms with Crippen LogP contribution in [-0.4, -0.2) is 39.6 Å². The topological polar surface area (TPSA) is 98.1 Å². The standard InChI is InChI=1S/C20H21N3O4S/c1-11-18(13(3)24)12(2)21-19(11)16(25)10-28-20-23-22-17(27-20)9-14-5-7-15(26-4)8-6-14/h5-8,21H,9-10H2,1-4H3. The number of aromatic amines is 1. The molecule has 2 aromatic heterocycles. The van der Waals surface area contributed by atoms with Gasteiger partial charge in [0.2, 0.25) is 5.89 Å². The molecule has 7 nitrogen and oxygen atoms in total. The maximum absolute atomic E-state index is 12.5. The summed E-state index contributed by atoms with van der Waals surface area (Å²) in [6, 6.07) is 7.61. The van der Waals surface area contributed by atoms with Gasteiger partial charge in [0.15, 0.2) is 11.6 Å². The summed E-state index contributed by atoms with van der Waals surface area (Å²) >= 11 is 1.18. The molecule has 0 saturated heterocycles. The number of ketones is 2. The second-order valence-electron chi connectivity index (χ2n) is 6.38. The molecular weight excluding hydrogens is 378 g/mol. The normalized spacial score (nSPS) is 10.9. The van der Waals surface area contributed by atoms with Gasteiger partial charge in [-0.3, -0.25) is 9.59 Å². The van der Waals surface area contributed by atoms with Crippen LogP contribution >= 0.6 is 11.8 Å². The number of thioether (sulfide) groups is 1. The molecule has 0 atom stereocenters. The second-order valence-corrected chi connectivity index (χ2v) is 7.31. The van der Waals surface area contributed by atoms with Gasteiger partial charge in [-0.1, -0.05) is 23.9 Å². The summed E-state index contributed by atoms with van der Waals surface area (Å²) in [5.74, 6) is 1.23. The van der Waals surface area contributed by atoms with Crippen molar-refractivity contribution in [2.24, 2.45) is 0 Å². The number of Topliss-reactive ketones (excluding diaryl/α,β-unsaturated/α-hetero) is 2. The first kappa shape index (κ1) is 19.9. The quantitative estimate of drug-likeness (QED) is 0.454. The Hall–Kier alpha value is -2.87. The Kier molecular flexibility index (Phi) is 5.99. The van der Waals surface area contributed by atoms with Gasteiger partial charge in [-0.2, -0.15) is 0 Å². The Balaban J connectivity index is 1.62. The number of rotatable bonds is 8. The first-order chi connectivity index (χ1) is 13.4. The Morgan fingerprint density at radius 2 is 1.89 bits per heavy atom. The van der Waals surface area contributed by atoms with E-state index in [2.05, 4.69) is 15.2 Å². The molecule has 0 aliphatic heterocycles. The molecule has 3 rings (SSSR count). The number of ether oxygens (including phenoxy) is 1. The summed E-state index contributed by atoms with van der Waals surface area (Å²) in [5, 5.41) is 8.36. The first-order valence-corrected chi connectivity index (χ1v) is 9.69. The predicted molar refractivity (Wildman–Crippen MR) is 105 cm³/mol. The maximum atomic E-state index is 12.5. The molecule has 1 N–H and O–H groups in total. The highest BCUT2D eigenvalue weighted by Gasteiger charge is 2.20. The monoisotopic (exact) mass is 399 g/mol. The smallest absolute Gasteiger partial charge is 0.277 e. The Bertz CT molecular complexity index is 1010. The first-order valence-electron chi connectivity index (χ1n) is 8.70. The van der Waals surface area contributed by atoms with Gasteiger partial charge in [-0.15, -0.1) is 10.2 Å². The van der Waals surface area contributed by atoms with Crippen LogP contribution in [0.3, 0.4) is 0 Å². The minimum Gasteiger partial charge on any atom is -0.497 e. The molecule has 0 aliphatic carbocycles. The second kappa shape index (κ2) is 8.43. The lowest BCUT2D eigenvalue weighted by atomic mass is 10.1. The number of carbonyl (C=O) groups is 2. The van der Waals surface area contributed by atoms with Gasteiger partial charge in [0.1, 0.15) is 5.75 Å². The van der Waals surface area contributed by atoms with Gasteiger partial charge in [-0.25, -0.2) is 0 Å². The van der Waals surface area contributed by atoms with E-state index in [0.29, 0.717) is 40.0 Å². The number of nitrogens with one attached hydrogen (secondary N) is 1. The molecule has 8 heteroatoms. The van der Waals surface area contributed by atoms with E-state index in [1.54, 1.807) is 21.0 Å². The zero-order valence-corrected chi connectivity index (χ0v) is 17.0. The van der Waals surface area contributed by atoms with Crippen LogP contribution in [0.2, 0.25) is 0 Å². The summed E-state index contributed by atoms with van der Waals surface area (Å²) < 4.78 is 10.8. The molecule has 1 aromatic carbocycles. The largest absolute Gasteiger partial charge is 0.497 e. The van der Waals surface area contributed by atoms with Crippen LogP contribution < -0.4 is 4.74 Å². The van der Waals surface area contributed by atoms with Gasteiger partial charge in [-0.05, 0) is 44.0 Å².